The molecule has 1 unspecified atom stereocenters. The SMILES string of the molecule is Cc1ccnc(NCC(Cl)C(C)C)c1Br. The summed E-state index contributed by atoms with van der Waals surface area (Å²) >= 11 is 9.65. The Labute approximate surface area is 105 Å². The van der Waals surface area contributed by atoms with Crippen molar-refractivity contribution in [1.29, 1.82) is 0 Å². The molecule has 4 heteroatoms. The molecule has 0 saturated heterocycles. The third kappa shape index (κ3) is 3.65. The quantitative estimate of drug-likeness (QED) is 0.853. The molecule has 84 valence electrons. The summed E-state index contributed by atoms with van der Waals surface area (Å²) in [6.45, 7) is 6.99. The first-order chi connectivity index (χ1) is 7.02. The maximum atomic E-state index is 6.15. The van der Waals surface area contributed by atoms with Gasteiger partial charge >= 0.3 is 0 Å². The maximum Gasteiger partial charge on any atom is 0.140 e. The van der Waals surface area contributed by atoms with Crippen molar-refractivity contribution in [3.8, 4) is 0 Å². The van der Waals surface area contributed by atoms with E-state index in [2.05, 4.69) is 40.1 Å². The maximum absolute atomic E-state index is 6.15. The molecule has 0 amide bonds. The van der Waals surface area contributed by atoms with Crippen LogP contribution >= 0.6 is 27.5 Å². The fourth-order valence-corrected chi connectivity index (χ4v) is 1.55. The van der Waals surface area contributed by atoms with Crippen molar-refractivity contribution in [1.82, 2.24) is 4.98 Å². The third-order valence-electron chi connectivity index (χ3n) is 2.27. The second kappa shape index (κ2) is 5.71. The molecule has 1 aromatic rings. The molecule has 0 saturated carbocycles. The van der Waals surface area contributed by atoms with E-state index in [9.17, 15) is 0 Å². The summed E-state index contributed by atoms with van der Waals surface area (Å²) in [4.78, 5) is 4.25. The van der Waals surface area contributed by atoms with Crippen molar-refractivity contribution in [2.24, 2.45) is 5.92 Å². The average Bonchev–Trinajstić information content (AvgIpc) is 2.19. The molecule has 0 aliphatic rings. The lowest BCUT2D eigenvalue weighted by Gasteiger charge is -2.15. The Hall–Kier alpha value is -0.280. The predicted molar refractivity (Wildman–Crippen MR) is 69.6 cm³/mol. The van der Waals surface area contributed by atoms with Crippen LogP contribution in [0.1, 0.15) is 19.4 Å². The van der Waals surface area contributed by atoms with Gasteiger partial charge in [-0.2, -0.15) is 0 Å². The number of halogens is 2. The number of anilines is 1. The van der Waals surface area contributed by atoms with Gasteiger partial charge in [-0.05, 0) is 40.4 Å². The van der Waals surface area contributed by atoms with Crippen LogP contribution in [0.15, 0.2) is 16.7 Å². The minimum Gasteiger partial charge on any atom is -0.368 e. The van der Waals surface area contributed by atoms with Crippen molar-refractivity contribution in [2.45, 2.75) is 26.1 Å². The summed E-state index contributed by atoms with van der Waals surface area (Å²) in [6, 6.07) is 1.97. The van der Waals surface area contributed by atoms with Gasteiger partial charge < -0.3 is 5.32 Å². The van der Waals surface area contributed by atoms with Crippen LogP contribution in [0.4, 0.5) is 5.82 Å². The summed E-state index contributed by atoms with van der Waals surface area (Å²) < 4.78 is 1.01. The largest absolute Gasteiger partial charge is 0.368 e. The minimum atomic E-state index is 0.124. The van der Waals surface area contributed by atoms with Crippen LogP contribution in [0.2, 0.25) is 0 Å². The van der Waals surface area contributed by atoms with Crippen molar-refractivity contribution in [3.63, 3.8) is 0 Å². The van der Waals surface area contributed by atoms with E-state index < -0.39 is 0 Å². The van der Waals surface area contributed by atoms with Gasteiger partial charge in [0.2, 0.25) is 0 Å². The molecule has 2 nitrogen and oxygen atoms in total. The van der Waals surface area contributed by atoms with E-state index >= 15 is 0 Å². The van der Waals surface area contributed by atoms with Crippen molar-refractivity contribution in [3.05, 3.63) is 22.3 Å². The molecule has 15 heavy (non-hydrogen) atoms. The molecule has 0 aliphatic carbocycles. The predicted octanol–water partition coefficient (Wildman–Crippen LogP) is 3.83. The molecule has 0 spiro atoms. The lowest BCUT2D eigenvalue weighted by Crippen LogP contribution is -2.20. The second-order valence-corrected chi connectivity index (χ2v) is 5.28. The van der Waals surface area contributed by atoms with E-state index in [0.717, 1.165) is 16.8 Å². The Kier molecular flexibility index (Phi) is 4.87. The lowest BCUT2D eigenvalue weighted by molar-refractivity contribution is 0.615. The van der Waals surface area contributed by atoms with Gasteiger partial charge in [-0.15, -0.1) is 11.6 Å². The monoisotopic (exact) mass is 290 g/mol. The number of alkyl halides is 1. The number of hydrogen-bond donors (Lipinski definition) is 1. The molecule has 0 radical (unpaired) electrons. The zero-order valence-electron chi connectivity index (χ0n) is 9.22. The number of nitrogens with zero attached hydrogens (tertiary/aromatic N) is 1. The molecule has 1 rings (SSSR count). The van der Waals surface area contributed by atoms with Crippen LogP contribution in [0, 0.1) is 12.8 Å². The summed E-state index contributed by atoms with van der Waals surface area (Å²) in [7, 11) is 0. The number of hydrogen-bond acceptors (Lipinski definition) is 2. The van der Waals surface area contributed by atoms with E-state index in [1.165, 1.54) is 5.56 Å². The molecule has 0 aliphatic heterocycles. The summed E-state index contributed by atoms with van der Waals surface area (Å²) in [5, 5.41) is 3.37. The molecule has 1 aromatic heterocycles. The number of aryl methyl sites for hydroxylation is 1. The van der Waals surface area contributed by atoms with Crippen molar-refractivity contribution >= 4 is 33.3 Å². The van der Waals surface area contributed by atoms with E-state index in [0.29, 0.717) is 5.92 Å². The van der Waals surface area contributed by atoms with Gasteiger partial charge in [0.25, 0.3) is 0 Å². The highest BCUT2D eigenvalue weighted by Crippen LogP contribution is 2.23. The minimum absolute atomic E-state index is 0.124. The first-order valence-corrected chi connectivity index (χ1v) is 6.24. The summed E-state index contributed by atoms with van der Waals surface area (Å²) in [5.74, 6) is 1.32. The highest BCUT2D eigenvalue weighted by Gasteiger charge is 2.10. The van der Waals surface area contributed by atoms with Gasteiger partial charge in [0.15, 0.2) is 0 Å². The standard InChI is InChI=1S/C11H16BrClN2/c1-7(2)9(13)6-15-11-10(12)8(3)4-5-14-11/h4-5,7,9H,6H2,1-3H3,(H,14,15). The highest BCUT2D eigenvalue weighted by molar-refractivity contribution is 9.10. The molecule has 0 bridgehead atoms. The van der Waals surface area contributed by atoms with Crippen LogP contribution in [-0.4, -0.2) is 16.9 Å². The van der Waals surface area contributed by atoms with Gasteiger partial charge in [0.05, 0.1) is 9.85 Å². The lowest BCUT2D eigenvalue weighted by atomic mass is 10.1. The summed E-state index contributed by atoms with van der Waals surface area (Å²) in [5.41, 5.74) is 1.17. The van der Waals surface area contributed by atoms with Gasteiger partial charge in [-0.3, -0.25) is 0 Å². The van der Waals surface area contributed by atoms with Crippen molar-refractivity contribution in [2.75, 3.05) is 11.9 Å². The zero-order valence-corrected chi connectivity index (χ0v) is 11.6. The van der Waals surface area contributed by atoms with Crippen LogP contribution < -0.4 is 5.32 Å². The Balaban J connectivity index is 2.62. The number of nitrogens with one attached hydrogen (secondary N) is 1. The number of aromatic nitrogens is 1. The van der Waals surface area contributed by atoms with E-state index in [1.807, 2.05) is 13.0 Å². The zero-order chi connectivity index (χ0) is 11.4. The molecular weight excluding hydrogens is 275 g/mol. The number of pyridine rings is 1. The van der Waals surface area contributed by atoms with Gasteiger partial charge in [0, 0.05) is 12.7 Å². The topological polar surface area (TPSA) is 24.9 Å². The van der Waals surface area contributed by atoms with Crippen LogP contribution in [-0.2, 0) is 0 Å². The molecule has 1 heterocycles. The fraction of sp³-hybridized carbons (Fsp3) is 0.545. The van der Waals surface area contributed by atoms with E-state index in [-0.39, 0.29) is 5.38 Å². The Morgan fingerprint density at radius 2 is 2.20 bits per heavy atom. The normalized spacial score (nSPS) is 12.9. The molecule has 0 aromatic carbocycles. The Morgan fingerprint density at radius 3 is 2.80 bits per heavy atom. The molecule has 1 N–H and O–H groups in total. The van der Waals surface area contributed by atoms with Crippen molar-refractivity contribution < 1.29 is 0 Å². The van der Waals surface area contributed by atoms with Gasteiger partial charge in [-0.1, -0.05) is 13.8 Å². The fourth-order valence-electron chi connectivity index (χ4n) is 1.09. The second-order valence-electron chi connectivity index (χ2n) is 3.93. The molecule has 0 fully saturated rings. The van der Waals surface area contributed by atoms with E-state index in [4.69, 9.17) is 11.6 Å². The van der Waals surface area contributed by atoms with Crippen LogP contribution in [0.25, 0.3) is 0 Å². The third-order valence-corrected chi connectivity index (χ3v) is 3.93. The molecular formula is C11H16BrClN2. The first-order valence-electron chi connectivity index (χ1n) is 5.01. The highest BCUT2D eigenvalue weighted by atomic mass is 79.9. The number of rotatable bonds is 4. The van der Waals surface area contributed by atoms with Crippen LogP contribution in [0.3, 0.4) is 0 Å². The van der Waals surface area contributed by atoms with Gasteiger partial charge in [-0.25, -0.2) is 4.98 Å². The van der Waals surface area contributed by atoms with E-state index in [1.54, 1.807) is 6.20 Å². The average molecular weight is 292 g/mol. The Bertz CT molecular complexity index is 328. The molecule has 1 atom stereocenters. The summed E-state index contributed by atoms with van der Waals surface area (Å²) in [6.07, 6.45) is 1.79. The smallest absolute Gasteiger partial charge is 0.140 e. The first kappa shape index (κ1) is 12.8. The van der Waals surface area contributed by atoms with Crippen LogP contribution in [0.5, 0.6) is 0 Å². The Morgan fingerprint density at radius 1 is 1.53 bits per heavy atom. The van der Waals surface area contributed by atoms with Gasteiger partial charge in [0.1, 0.15) is 5.82 Å².